The van der Waals surface area contributed by atoms with E-state index in [0.717, 1.165) is 27.9 Å². The number of aliphatic imine (C=N–C) groups is 2. The molecule has 0 spiro atoms. The van der Waals surface area contributed by atoms with Crippen LogP contribution in [0.5, 0.6) is 5.75 Å². The highest BCUT2D eigenvalue weighted by Gasteiger charge is 2.16. The van der Waals surface area contributed by atoms with Crippen LogP contribution in [0.2, 0.25) is 0 Å². The number of hydrogen-bond donors (Lipinski definition) is 1. The minimum absolute atomic E-state index is 0.193. The minimum Gasteiger partial charge on any atom is -0.494 e. The molecule has 0 radical (unpaired) electrons. The van der Waals surface area contributed by atoms with E-state index in [-0.39, 0.29) is 5.91 Å². The number of aromatic nitrogens is 1. The molecule has 2 heterocycles. The first-order valence-corrected chi connectivity index (χ1v) is 9.26. The van der Waals surface area contributed by atoms with Crippen molar-refractivity contribution in [1.82, 2.24) is 4.98 Å². The molecule has 1 amide bonds. The first kappa shape index (κ1) is 20.2. The minimum atomic E-state index is -0.193. The Hall–Kier alpha value is -3.54. The Labute approximate surface area is 170 Å². The van der Waals surface area contributed by atoms with E-state index in [0.29, 0.717) is 29.1 Å². The number of nitrogens with one attached hydrogen (secondary N) is 1. The highest BCUT2D eigenvalue weighted by molar-refractivity contribution is 6.09. The molecule has 1 aromatic heterocycles. The number of allylic oxidation sites excluding steroid dienone is 4. The average Bonchev–Trinajstić information content (AvgIpc) is 3.17. The van der Waals surface area contributed by atoms with E-state index < -0.39 is 0 Å². The van der Waals surface area contributed by atoms with Crippen molar-refractivity contribution in [3.8, 4) is 5.75 Å². The third-order valence-corrected chi connectivity index (χ3v) is 4.71. The van der Waals surface area contributed by atoms with Gasteiger partial charge in [0.25, 0.3) is 5.91 Å². The number of anilines is 1. The number of pyridine rings is 1. The third kappa shape index (κ3) is 4.48. The summed E-state index contributed by atoms with van der Waals surface area (Å²) < 4.78 is 5.49. The lowest BCUT2D eigenvalue weighted by Crippen LogP contribution is -2.15. The zero-order chi connectivity index (χ0) is 21.0. The van der Waals surface area contributed by atoms with Crippen LogP contribution in [0.25, 0.3) is 16.5 Å². The van der Waals surface area contributed by atoms with E-state index in [1.54, 1.807) is 19.4 Å². The number of benzene rings is 1. The Kier molecular flexibility index (Phi) is 6.02. The fraction of sp³-hybridized carbons (Fsp3) is 0.217. The Morgan fingerprint density at radius 2 is 2.03 bits per heavy atom. The highest BCUT2D eigenvalue weighted by atomic mass is 16.5. The maximum atomic E-state index is 12.4. The molecule has 0 atom stereocenters. The second kappa shape index (κ2) is 8.65. The summed E-state index contributed by atoms with van der Waals surface area (Å²) in [5, 5.41) is 3.79. The molecule has 0 saturated heterocycles. The molecule has 29 heavy (non-hydrogen) atoms. The van der Waals surface area contributed by atoms with Crippen LogP contribution >= 0.6 is 0 Å². The number of ether oxygens (including phenoxy) is 1. The monoisotopic (exact) mass is 388 g/mol. The molecule has 1 N–H and O–H groups in total. The normalized spacial score (nSPS) is 14.5. The van der Waals surface area contributed by atoms with Crippen LogP contribution in [0.1, 0.15) is 32.8 Å². The largest absolute Gasteiger partial charge is 0.494 e. The fourth-order valence-corrected chi connectivity index (χ4v) is 3.05. The Morgan fingerprint density at radius 1 is 1.24 bits per heavy atom. The summed E-state index contributed by atoms with van der Waals surface area (Å²) in [5.74, 6) is 0.921. The van der Waals surface area contributed by atoms with Crippen molar-refractivity contribution in [1.29, 1.82) is 0 Å². The second-order valence-corrected chi connectivity index (χ2v) is 6.87. The van der Waals surface area contributed by atoms with Crippen molar-refractivity contribution in [2.24, 2.45) is 9.98 Å². The van der Waals surface area contributed by atoms with Gasteiger partial charge in [-0.3, -0.25) is 14.8 Å². The lowest BCUT2D eigenvalue weighted by Gasteiger charge is -2.12. The van der Waals surface area contributed by atoms with Gasteiger partial charge in [0, 0.05) is 35.0 Å². The smallest absolute Gasteiger partial charge is 0.254 e. The van der Waals surface area contributed by atoms with E-state index in [9.17, 15) is 4.79 Å². The van der Waals surface area contributed by atoms with Crippen LogP contribution in [-0.4, -0.2) is 30.4 Å². The van der Waals surface area contributed by atoms with Gasteiger partial charge in [-0.15, -0.1) is 0 Å². The molecule has 0 bridgehead atoms. The third-order valence-electron chi connectivity index (χ3n) is 4.71. The lowest BCUT2D eigenvalue weighted by atomic mass is 10.0. The SMILES string of the molecule is C=N/C(C)=C\C=C(/C)c1ccc(OC)c2nc(NC(=O)C3=CN=C(C)C3)ccc12. The van der Waals surface area contributed by atoms with Gasteiger partial charge in [0.15, 0.2) is 0 Å². The predicted molar refractivity (Wildman–Crippen MR) is 120 cm³/mol. The Morgan fingerprint density at radius 3 is 2.69 bits per heavy atom. The summed E-state index contributed by atoms with van der Waals surface area (Å²) in [4.78, 5) is 25.1. The number of fused-ring (bicyclic) bond motifs is 1. The predicted octanol–water partition coefficient (Wildman–Crippen LogP) is 4.94. The van der Waals surface area contributed by atoms with Crippen LogP contribution in [-0.2, 0) is 4.79 Å². The van der Waals surface area contributed by atoms with Gasteiger partial charge in [-0.05, 0) is 62.9 Å². The first-order chi connectivity index (χ1) is 13.9. The Bertz CT molecular complexity index is 1110. The second-order valence-electron chi connectivity index (χ2n) is 6.87. The zero-order valence-corrected chi connectivity index (χ0v) is 17.1. The van der Waals surface area contributed by atoms with Crippen LogP contribution in [0.3, 0.4) is 0 Å². The van der Waals surface area contributed by atoms with Crippen LogP contribution in [0.4, 0.5) is 5.82 Å². The van der Waals surface area contributed by atoms with E-state index in [1.807, 2.05) is 51.1 Å². The summed E-state index contributed by atoms with van der Waals surface area (Å²) in [6.45, 7) is 9.35. The van der Waals surface area contributed by atoms with E-state index >= 15 is 0 Å². The van der Waals surface area contributed by atoms with Gasteiger partial charge in [0.1, 0.15) is 17.1 Å². The zero-order valence-electron chi connectivity index (χ0n) is 17.1. The van der Waals surface area contributed by atoms with Gasteiger partial charge in [0.05, 0.1) is 7.11 Å². The number of rotatable bonds is 6. The number of nitrogens with zero attached hydrogens (tertiary/aromatic N) is 3. The van der Waals surface area contributed by atoms with Crippen molar-refractivity contribution in [2.75, 3.05) is 12.4 Å². The van der Waals surface area contributed by atoms with Crippen molar-refractivity contribution in [2.45, 2.75) is 27.2 Å². The van der Waals surface area contributed by atoms with E-state index in [2.05, 4.69) is 27.0 Å². The van der Waals surface area contributed by atoms with Crippen molar-refractivity contribution >= 4 is 40.6 Å². The maximum absolute atomic E-state index is 12.4. The number of methoxy groups -OCH3 is 1. The summed E-state index contributed by atoms with van der Waals surface area (Å²) in [6, 6.07) is 7.62. The standard InChI is InChI=1S/C23H24N4O2/c1-14(6-7-15(2)24-4)18-8-10-20(29-5)22-19(18)9-11-21(26-22)27-23(28)17-12-16(3)25-13-17/h6-11,13H,4,12H2,1-3,5H3,(H,26,27,28)/b14-6+,15-7-. The lowest BCUT2D eigenvalue weighted by molar-refractivity contribution is -0.112. The van der Waals surface area contributed by atoms with Gasteiger partial charge in [-0.1, -0.05) is 12.1 Å². The average molecular weight is 388 g/mol. The van der Waals surface area contributed by atoms with Crippen molar-refractivity contribution in [3.05, 3.63) is 59.5 Å². The molecular weight excluding hydrogens is 364 g/mol. The molecule has 148 valence electrons. The quantitative estimate of drug-likeness (QED) is 0.563. The molecule has 1 aliphatic rings. The number of hydrogen-bond acceptors (Lipinski definition) is 5. The highest BCUT2D eigenvalue weighted by Crippen LogP contribution is 2.32. The molecule has 6 heteroatoms. The number of amides is 1. The van der Waals surface area contributed by atoms with E-state index in [4.69, 9.17) is 4.74 Å². The van der Waals surface area contributed by atoms with Crippen molar-refractivity contribution < 1.29 is 9.53 Å². The van der Waals surface area contributed by atoms with Crippen molar-refractivity contribution in [3.63, 3.8) is 0 Å². The molecule has 0 unspecified atom stereocenters. The van der Waals surface area contributed by atoms with Gasteiger partial charge < -0.3 is 10.1 Å². The summed E-state index contributed by atoms with van der Waals surface area (Å²) in [5.41, 5.74) is 5.16. The molecule has 0 fully saturated rings. The number of carbonyl (C=O) groups is 1. The van der Waals surface area contributed by atoms with E-state index in [1.165, 1.54) is 0 Å². The van der Waals surface area contributed by atoms with Gasteiger partial charge in [0.2, 0.25) is 0 Å². The first-order valence-electron chi connectivity index (χ1n) is 9.26. The molecule has 3 rings (SSSR count). The summed E-state index contributed by atoms with van der Waals surface area (Å²) in [6.07, 6.45) is 6.07. The van der Waals surface area contributed by atoms with Crippen LogP contribution in [0, 0.1) is 0 Å². The molecule has 0 saturated carbocycles. The maximum Gasteiger partial charge on any atom is 0.254 e. The molecule has 1 aliphatic heterocycles. The molecule has 2 aromatic rings. The molecule has 1 aromatic carbocycles. The molecular formula is C23H24N4O2. The fourth-order valence-electron chi connectivity index (χ4n) is 3.05. The topological polar surface area (TPSA) is 75.9 Å². The van der Waals surface area contributed by atoms with Gasteiger partial charge in [-0.25, -0.2) is 4.98 Å². The van der Waals surface area contributed by atoms with Crippen LogP contribution in [0.15, 0.2) is 63.9 Å². The van der Waals surface area contributed by atoms with Gasteiger partial charge >= 0.3 is 0 Å². The van der Waals surface area contributed by atoms with Crippen LogP contribution < -0.4 is 10.1 Å². The Balaban J connectivity index is 1.97. The summed E-state index contributed by atoms with van der Waals surface area (Å²) >= 11 is 0. The summed E-state index contributed by atoms with van der Waals surface area (Å²) in [7, 11) is 1.61. The molecule has 0 aliphatic carbocycles. The number of carbonyl (C=O) groups excluding carboxylic acids is 1. The van der Waals surface area contributed by atoms with Gasteiger partial charge in [-0.2, -0.15) is 0 Å². The molecule has 6 nitrogen and oxygen atoms in total.